The summed E-state index contributed by atoms with van der Waals surface area (Å²) in [7, 11) is 4.30. The lowest BCUT2D eigenvalue weighted by molar-refractivity contribution is 0.122. The second-order valence-electron chi connectivity index (χ2n) is 6.40. The zero-order chi connectivity index (χ0) is 15.2. The minimum absolute atomic E-state index is 0.254. The summed E-state index contributed by atoms with van der Waals surface area (Å²) in [5, 5.41) is 7.67. The van der Waals surface area contributed by atoms with Crippen LogP contribution in [0.15, 0.2) is 30.3 Å². The Labute approximate surface area is 128 Å². The maximum Gasteiger partial charge on any atom is 0.0924 e. The number of nitrogens with one attached hydrogen (secondary N) is 1. The van der Waals surface area contributed by atoms with Gasteiger partial charge in [-0.25, -0.2) is 0 Å². The second kappa shape index (κ2) is 7.57. The molecule has 2 rings (SSSR count). The van der Waals surface area contributed by atoms with Crippen molar-refractivity contribution in [1.82, 2.24) is 9.80 Å². The number of hydrogen-bond acceptors (Lipinski definition) is 3. The summed E-state index contributed by atoms with van der Waals surface area (Å²) in [6, 6.07) is 10.7. The van der Waals surface area contributed by atoms with Crippen molar-refractivity contribution in [3.63, 3.8) is 0 Å². The van der Waals surface area contributed by atoms with E-state index in [1.54, 1.807) is 0 Å². The molecular formula is C17H28N4. The first-order chi connectivity index (χ1) is 10.1. The van der Waals surface area contributed by atoms with Gasteiger partial charge >= 0.3 is 0 Å². The Morgan fingerprint density at radius 3 is 2.43 bits per heavy atom. The van der Waals surface area contributed by atoms with Crippen molar-refractivity contribution in [2.75, 3.05) is 33.7 Å². The third-order valence-electron chi connectivity index (χ3n) is 4.31. The Balaban J connectivity index is 2.01. The summed E-state index contributed by atoms with van der Waals surface area (Å²) in [5.74, 6) is 1.07. The second-order valence-corrected chi connectivity index (χ2v) is 6.40. The molecule has 4 heteroatoms. The fourth-order valence-electron chi connectivity index (χ4n) is 3.30. The molecule has 0 bridgehead atoms. The van der Waals surface area contributed by atoms with E-state index in [1.807, 2.05) is 6.07 Å². The highest BCUT2D eigenvalue weighted by atomic mass is 15.2. The first-order valence-electron chi connectivity index (χ1n) is 7.83. The van der Waals surface area contributed by atoms with Crippen molar-refractivity contribution < 1.29 is 0 Å². The molecule has 4 nitrogen and oxygen atoms in total. The van der Waals surface area contributed by atoms with Crippen LogP contribution in [0.25, 0.3) is 0 Å². The summed E-state index contributed by atoms with van der Waals surface area (Å²) in [6.45, 7) is 3.38. The molecule has 1 saturated heterocycles. The molecule has 1 aromatic rings. The lowest BCUT2D eigenvalue weighted by Crippen LogP contribution is -2.40. The zero-order valence-electron chi connectivity index (χ0n) is 13.3. The number of amidine groups is 1. The third-order valence-corrected chi connectivity index (χ3v) is 4.31. The van der Waals surface area contributed by atoms with Crippen LogP contribution in [0.2, 0.25) is 0 Å². The van der Waals surface area contributed by atoms with Crippen LogP contribution in [-0.4, -0.2) is 49.4 Å². The van der Waals surface area contributed by atoms with Gasteiger partial charge in [0.2, 0.25) is 0 Å². The van der Waals surface area contributed by atoms with Gasteiger partial charge in [-0.2, -0.15) is 0 Å². The van der Waals surface area contributed by atoms with Crippen molar-refractivity contribution >= 4 is 5.84 Å². The van der Waals surface area contributed by atoms with E-state index in [0.29, 0.717) is 6.42 Å². The van der Waals surface area contributed by atoms with Crippen molar-refractivity contribution in [3.8, 4) is 0 Å². The summed E-state index contributed by atoms with van der Waals surface area (Å²) in [5.41, 5.74) is 6.96. The van der Waals surface area contributed by atoms with E-state index < -0.39 is 0 Å². The lowest BCUT2D eigenvalue weighted by atomic mass is 9.92. The minimum atomic E-state index is 0.254. The fraction of sp³-hybridized carbons (Fsp3) is 0.588. The van der Waals surface area contributed by atoms with E-state index in [2.05, 4.69) is 48.2 Å². The van der Waals surface area contributed by atoms with Crippen LogP contribution < -0.4 is 5.73 Å². The molecule has 0 aromatic heterocycles. The fourth-order valence-corrected chi connectivity index (χ4v) is 3.30. The number of nitrogens with zero attached hydrogens (tertiary/aromatic N) is 2. The van der Waals surface area contributed by atoms with Crippen LogP contribution in [-0.2, 0) is 0 Å². The number of piperidine rings is 1. The lowest BCUT2D eigenvalue weighted by Gasteiger charge is -2.38. The highest BCUT2D eigenvalue weighted by molar-refractivity contribution is 5.77. The zero-order valence-corrected chi connectivity index (χ0v) is 13.3. The Hall–Kier alpha value is -1.39. The SMILES string of the molecule is CN(C)CC1CCN(C(CC(=N)N)c2ccccc2)CC1. The van der Waals surface area contributed by atoms with Crippen LogP contribution in [0.4, 0.5) is 0 Å². The average molecular weight is 288 g/mol. The molecule has 0 amide bonds. The highest BCUT2D eigenvalue weighted by Crippen LogP contribution is 2.29. The molecule has 0 spiro atoms. The predicted molar refractivity (Wildman–Crippen MR) is 88.6 cm³/mol. The number of hydrogen-bond donors (Lipinski definition) is 2. The molecule has 1 aliphatic rings. The van der Waals surface area contributed by atoms with Gasteiger partial charge in [0.1, 0.15) is 0 Å². The van der Waals surface area contributed by atoms with Crippen molar-refractivity contribution in [2.45, 2.75) is 25.3 Å². The van der Waals surface area contributed by atoms with Gasteiger partial charge in [0, 0.05) is 19.0 Å². The van der Waals surface area contributed by atoms with Crippen molar-refractivity contribution in [2.24, 2.45) is 11.7 Å². The number of nitrogens with two attached hydrogens (primary N) is 1. The molecule has 0 radical (unpaired) electrons. The topological polar surface area (TPSA) is 56.4 Å². The molecule has 1 aliphatic heterocycles. The maximum atomic E-state index is 7.67. The molecule has 1 heterocycles. The largest absolute Gasteiger partial charge is 0.388 e. The van der Waals surface area contributed by atoms with E-state index in [-0.39, 0.29) is 11.9 Å². The monoisotopic (exact) mass is 288 g/mol. The van der Waals surface area contributed by atoms with E-state index >= 15 is 0 Å². The molecule has 1 fully saturated rings. The highest BCUT2D eigenvalue weighted by Gasteiger charge is 2.26. The van der Waals surface area contributed by atoms with E-state index in [4.69, 9.17) is 11.1 Å². The Morgan fingerprint density at radius 1 is 1.29 bits per heavy atom. The van der Waals surface area contributed by atoms with E-state index in [9.17, 15) is 0 Å². The predicted octanol–water partition coefficient (Wildman–Crippen LogP) is 2.33. The summed E-state index contributed by atoms with van der Waals surface area (Å²) in [4.78, 5) is 4.79. The summed E-state index contributed by atoms with van der Waals surface area (Å²) in [6.07, 6.45) is 3.10. The quantitative estimate of drug-likeness (QED) is 0.624. The van der Waals surface area contributed by atoms with Crippen LogP contribution in [0.3, 0.4) is 0 Å². The van der Waals surface area contributed by atoms with E-state index in [0.717, 1.165) is 19.0 Å². The minimum Gasteiger partial charge on any atom is -0.388 e. The molecular weight excluding hydrogens is 260 g/mol. The molecule has 3 N–H and O–H groups in total. The molecule has 0 aliphatic carbocycles. The van der Waals surface area contributed by atoms with Gasteiger partial charge in [0.25, 0.3) is 0 Å². The third kappa shape index (κ3) is 4.83. The van der Waals surface area contributed by atoms with Gasteiger partial charge in [-0.15, -0.1) is 0 Å². The van der Waals surface area contributed by atoms with Gasteiger partial charge in [0.15, 0.2) is 0 Å². The normalized spacial score (nSPS) is 18.8. The average Bonchev–Trinajstić information content (AvgIpc) is 2.46. The number of rotatable bonds is 6. The van der Waals surface area contributed by atoms with Gasteiger partial charge in [-0.3, -0.25) is 10.3 Å². The van der Waals surface area contributed by atoms with Crippen LogP contribution in [0.1, 0.15) is 30.9 Å². The van der Waals surface area contributed by atoms with Gasteiger partial charge < -0.3 is 10.6 Å². The smallest absolute Gasteiger partial charge is 0.0924 e. The van der Waals surface area contributed by atoms with Gasteiger partial charge in [-0.05, 0) is 51.5 Å². The van der Waals surface area contributed by atoms with Crippen LogP contribution >= 0.6 is 0 Å². The van der Waals surface area contributed by atoms with Crippen molar-refractivity contribution in [1.29, 1.82) is 5.41 Å². The van der Waals surface area contributed by atoms with Gasteiger partial charge in [-0.1, -0.05) is 30.3 Å². The Kier molecular flexibility index (Phi) is 5.76. The Bertz CT molecular complexity index is 435. The maximum absolute atomic E-state index is 7.67. The Morgan fingerprint density at radius 2 is 1.90 bits per heavy atom. The number of benzene rings is 1. The summed E-state index contributed by atoms with van der Waals surface area (Å²) >= 11 is 0. The molecule has 1 aromatic carbocycles. The van der Waals surface area contributed by atoms with Gasteiger partial charge in [0.05, 0.1) is 5.84 Å². The molecule has 1 unspecified atom stereocenters. The molecule has 0 saturated carbocycles. The first kappa shape index (κ1) is 16.0. The number of likely N-dealkylation sites (tertiary alicyclic amines) is 1. The molecule has 21 heavy (non-hydrogen) atoms. The van der Waals surface area contributed by atoms with Crippen LogP contribution in [0, 0.1) is 11.3 Å². The molecule has 116 valence electrons. The van der Waals surface area contributed by atoms with Crippen molar-refractivity contribution in [3.05, 3.63) is 35.9 Å². The summed E-state index contributed by atoms with van der Waals surface area (Å²) < 4.78 is 0. The first-order valence-corrected chi connectivity index (χ1v) is 7.83. The van der Waals surface area contributed by atoms with E-state index in [1.165, 1.54) is 24.9 Å². The molecule has 1 atom stereocenters. The standard InChI is InChI=1S/C17H28N4/c1-20(2)13-14-8-10-21(11-9-14)16(12-17(18)19)15-6-4-3-5-7-15/h3-7,14,16H,8-13H2,1-2H3,(H3,18,19). The van der Waals surface area contributed by atoms with Crippen LogP contribution in [0.5, 0.6) is 0 Å².